The molecule has 0 amide bonds. The molecule has 42 valence electrons. The lowest BCUT2D eigenvalue weighted by Crippen LogP contribution is -2.29. The molecule has 5 heteroatoms. The lowest BCUT2D eigenvalue weighted by molar-refractivity contribution is 0.134. The number of hydrogen-bond donors (Lipinski definition) is 3. The predicted octanol–water partition coefficient (Wildman–Crippen LogP) is -1.72. The summed E-state index contributed by atoms with van der Waals surface area (Å²) in [5.74, 6) is 0. The highest BCUT2D eigenvalue weighted by Crippen LogP contribution is 1.78. The van der Waals surface area contributed by atoms with Crippen molar-refractivity contribution in [2.24, 2.45) is 5.73 Å². The summed E-state index contributed by atoms with van der Waals surface area (Å²) >= 11 is 0. The summed E-state index contributed by atoms with van der Waals surface area (Å²) in [7, 11) is -1.75. The van der Waals surface area contributed by atoms with Gasteiger partial charge in [-0.1, -0.05) is 0 Å². The van der Waals surface area contributed by atoms with Gasteiger partial charge in [0.15, 0.2) is 0 Å². The molecule has 0 spiro atoms. The molecule has 0 bridgehead atoms. The number of rotatable bonds is 2. The van der Waals surface area contributed by atoms with Crippen LogP contribution in [0.2, 0.25) is 0 Å². The second-order valence-electron chi connectivity index (χ2n) is 1.17. The molecule has 4 N–H and O–H groups in total. The molecule has 0 heterocycles. The maximum absolute atomic E-state index is 7.98. The van der Waals surface area contributed by atoms with E-state index in [1.807, 2.05) is 0 Å². The van der Waals surface area contributed by atoms with E-state index in [0.29, 0.717) is 0 Å². The summed E-state index contributed by atoms with van der Waals surface area (Å²) in [6, 6.07) is 0. The van der Waals surface area contributed by atoms with Gasteiger partial charge < -0.3 is 20.4 Å². The highest BCUT2D eigenvalue weighted by atomic mass is 16.6. The Labute approximate surface area is 42.1 Å². The SMILES string of the molecule is CC(N)OB(O)O. The van der Waals surface area contributed by atoms with E-state index in [-0.39, 0.29) is 0 Å². The van der Waals surface area contributed by atoms with Crippen molar-refractivity contribution < 1.29 is 14.7 Å². The van der Waals surface area contributed by atoms with Gasteiger partial charge in [0.1, 0.15) is 0 Å². The summed E-state index contributed by atoms with van der Waals surface area (Å²) in [4.78, 5) is 0. The van der Waals surface area contributed by atoms with Gasteiger partial charge in [-0.25, -0.2) is 0 Å². The van der Waals surface area contributed by atoms with Crippen LogP contribution in [0.25, 0.3) is 0 Å². The van der Waals surface area contributed by atoms with Crippen molar-refractivity contribution >= 4 is 7.32 Å². The van der Waals surface area contributed by atoms with Gasteiger partial charge in [0.2, 0.25) is 0 Å². The monoisotopic (exact) mass is 105 g/mol. The van der Waals surface area contributed by atoms with Crippen LogP contribution in [0.1, 0.15) is 6.92 Å². The predicted molar refractivity (Wildman–Crippen MR) is 24.9 cm³/mol. The van der Waals surface area contributed by atoms with Crippen molar-refractivity contribution in [3.63, 3.8) is 0 Å². The number of hydrogen-bond acceptors (Lipinski definition) is 4. The zero-order chi connectivity index (χ0) is 5.86. The van der Waals surface area contributed by atoms with Crippen LogP contribution in [0.4, 0.5) is 0 Å². The first-order chi connectivity index (χ1) is 3.13. The van der Waals surface area contributed by atoms with Crippen molar-refractivity contribution in [3.05, 3.63) is 0 Å². The minimum atomic E-state index is -1.75. The lowest BCUT2D eigenvalue weighted by Gasteiger charge is -2.03. The standard InChI is InChI=1S/C2H8BNO3/c1-2(4)7-3(5)6/h2,5-6H,4H2,1H3. The van der Waals surface area contributed by atoms with Gasteiger partial charge in [0.05, 0.1) is 6.23 Å². The molecule has 1 unspecified atom stereocenters. The Bertz CT molecular complexity index is 42.2. The number of nitrogens with two attached hydrogens (primary N) is 1. The fourth-order valence-electron chi connectivity index (χ4n) is 0.192. The zero-order valence-electron chi connectivity index (χ0n) is 4.03. The average molecular weight is 105 g/mol. The first-order valence-corrected chi connectivity index (χ1v) is 1.90. The summed E-state index contributed by atoms with van der Waals surface area (Å²) in [6.07, 6.45) is -0.625. The van der Waals surface area contributed by atoms with Crippen LogP contribution in [0.3, 0.4) is 0 Å². The Morgan fingerprint density at radius 3 is 2.14 bits per heavy atom. The third-order valence-electron chi connectivity index (χ3n) is 0.336. The van der Waals surface area contributed by atoms with E-state index in [1.54, 1.807) is 0 Å². The van der Waals surface area contributed by atoms with E-state index in [4.69, 9.17) is 15.8 Å². The quantitative estimate of drug-likeness (QED) is 0.288. The molecule has 1 atom stereocenters. The molecule has 0 fully saturated rings. The largest absolute Gasteiger partial charge is 0.635 e. The molecule has 0 saturated carbocycles. The van der Waals surface area contributed by atoms with E-state index in [1.165, 1.54) is 6.92 Å². The Balaban J connectivity index is 2.95. The van der Waals surface area contributed by atoms with Gasteiger partial charge in [-0.2, -0.15) is 0 Å². The maximum atomic E-state index is 7.98. The second kappa shape index (κ2) is 2.98. The summed E-state index contributed by atoms with van der Waals surface area (Å²) < 4.78 is 4.14. The molecule has 7 heavy (non-hydrogen) atoms. The van der Waals surface area contributed by atoms with Crippen LogP contribution in [0, 0.1) is 0 Å². The van der Waals surface area contributed by atoms with E-state index in [2.05, 4.69) is 4.65 Å². The first-order valence-electron chi connectivity index (χ1n) is 1.90. The van der Waals surface area contributed by atoms with E-state index in [9.17, 15) is 0 Å². The molecule has 0 aromatic carbocycles. The van der Waals surface area contributed by atoms with E-state index in [0.717, 1.165) is 0 Å². The molecular weight excluding hydrogens is 96.8 g/mol. The van der Waals surface area contributed by atoms with E-state index < -0.39 is 13.5 Å². The maximum Gasteiger partial charge on any atom is 0.635 e. The fourth-order valence-corrected chi connectivity index (χ4v) is 0.192. The Kier molecular flexibility index (Phi) is 2.94. The molecule has 0 radical (unpaired) electrons. The van der Waals surface area contributed by atoms with Crippen LogP contribution in [-0.2, 0) is 4.65 Å². The van der Waals surface area contributed by atoms with Crippen molar-refractivity contribution in [1.82, 2.24) is 0 Å². The second-order valence-corrected chi connectivity index (χ2v) is 1.17. The molecule has 0 aliphatic rings. The lowest BCUT2D eigenvalue weighted by atomic mass is 10.3. The summed E-state index contributed by atoms with van der Waals surface area (Å²) in [5.41, 5.74) is 4.95. The van der Waals surface area contributed by atoms with E-state index >= 15 is 0 Å². The van der Waals surface area contributed by atoms with Gasteiger partial charge >= 0.3 is 7.32 Å². The van der Waals surface area contributed by atoms with Crippen LogP contribution in [0.15, 0.2) is 0 Å². The Morgan fingerprint density at radius 1 is 1.71 bits per heavy atom. The van der Waals surface area contributed by atoms with Crippen molar-refractivity contribution in [2.75, 3.05) is 0 Å². The third kappa shape index (κ3) is 5.90. The van der Waals surface area contributed by atoms with Gasteiger partial charge in [-0.15, -0.1) is 0 Å². The van der Waals surface area contributed by atoms with Crippen molar-refractivity contribution in [1.29, 1.82) is 0 Å². The van der Waals surface area contributed by atoms with Crippen molar-refractivity contribution in [3.8, 4) is 0 Å². The fraction of sp³-hybridized carbons (Fsp3) is 1.00. The highest BCUT2D eigenvalue weighted by Gasteiger charge is 2.09. The minimum Gasteiger partial charge on any atom is -0.402 e. The van der Waals surface area contributed by atoms with Crippen LogP contribution in [0.5, 0.6) is 0 Å². The molecule has 0 rings (SSSR count). The average Bonchev–Trinajstić information content (AvgIpc) is 1.27. The molecule has 0 aromatic heterocycles. The van der Waals surface area contributed by atoms with Gasteiger partial charge in [-0.05, 0) is 6.92 Å². The zero-order valence-corrected chi connectivity index (χ0v) is 4.03. The topological polar surface area (TPSA) is 75.7 Å². The minimum absolute atomic E-state index is 0.625. The van der Waals surface area contributed by atoms with Gasteiger partial charge in [0.25, 0.3) is 0 Å². The third-order valence-corrected chi connectivity index (χ3v) is 0.336. The van der Waals surface area contributed by atoms with Gasteiger partial charge in [0, 0.05) is 0 Å². The van der Waals surface area contributed by atoms with Crippen LogP contribution >= 0.6 is 0 Å². The van der Waals surface area contributed by atoms with Crippen LogP contribution in [-0.4, -0.2) is 23.6 Å². The summed E-state index contributed by atoms with van der Waals surface area (Å²) in [6.45, 7) is 1.50. The highest BCUT2D eigenvalue weighted by molar-refractivity contribution is 6.32. The van der Waals surface area contributed by atoms with Crippen LogP contribution < -0.4 is 5.73 Å². The molecule has 0 aliphatic carbocycles. The smallest absolute Gasteiger partial charge is 0.402 e. The first kappa shape index (κ1) is 6.90. The Hall–Kier alpha value is -0.0951. The van der Waals surface area contributed by atoms with Crippen molar-refractivity contribution in [2.45, 2.75) is 13.2 Å². The summed E-state index contributed by atoms with van der Waals surface area (Å²) in [5, 5.41) is 16.0. The molecule has 0 saturated heterocycles. The Morgan fingerprint density at radius 2 is 2.14 bits per heavy atom. The molecule has 4 nitrogen and oxygen atoms in total. The van der Waals surface area contributed by atoms with Gasteiger partial charge in [-0.3, -0.25) is 0 Å². The molecule has 0 aromatic rings. The molecular formula is C2H8BNO3. The molecule has 0 aliphatic heterocycles. The normalized spacial score (nSPS) is 13.7.